The van der Waals surface area contributed by atoms with E-state index in [0.717, 1.165) is 29.3 Å². The van der Waals surface area contributed by atoms with Gasteiger partial charge < -0.3 is 13.9 Å². The number of methoxy groups -OCH3 is 1. The second-order valence-corrected chi connectivity index (χ2v) is 14.8. The predicted molar refractivity (Wildman–Crippen MR) is 163 cm³/mol. The van der Waals surface area contributed by atoms with Crippen LogP contribution in [0.2, 0.25) is 5.04 Å². The molecule has 0 bridgehead atoms. The van der Waals surface area contributed by atoms with Crippen LogP contribution >= 0.6 is 0 Å². The first-order valence-electron chi connectivity index (χ1n) is 14.0. The van der Waals surface area contributed by atoms with Gasteiger partial charge in [0.1, 0.15) is 17.2 Å². The van der Waals surface area contributed by atoms with Crippen molar-refractivity contribution in [3.8, 4) is 11.5 Å². The van der Waals surface area contributed by atoms with Crippen LogP contribution in [0.4, 0.5) is 0 Å². The summed E-state index contributed by atoms with van der Waals surface area (Å²) >= 11 is 0. The molecule has 0 amide bonds. The van der Waals surface area contributed by atoms with Crippen molar-refractivity contribution in [1.82, 2.24) is 9.97 Å². The zero-order chi connectivity index (χ0) is 28.4. The summed E-state index contributed by atoms with van der Waals surface area (Å²) in [6.07, 6.45) is 2.68. The summed E-state index contributed by atoms with van der Waals surface area (Å²) in [5.74, 6) is 2.43. The molecule has 0 aliphatic heterocycles. The number of hydrogen-bond acceptors (Lipinski definition) is 5. The summed E-state index contributed by atoms with van der Waals surface area (Å²) in [4.78, 5) is 8.95. The van der Waals surface area contributed by atoms with Crippen LogP contribution in [0.15, 0.2) is 91.1 Å². The third-order valence-corrected chi connectivity index (χ3v) is 9.35. The van der Waals surface area contributed by atoms with Gasteiger partial charge in [0.15, 0.2) is 15.5 Å². The zero-order valence-electron chi connectivity index (χ0n) is 24.5. The van der Waals surface area contributed by atoms with Gasteiger partial charge in [0, 0.05) is 16.9 Å². The van der Waals surface area contributed by atoms with Crippen LogP contribution in [0.1, 0.15) is 55.4 Å². The molecule has 5 nitrogen and oxygen atoms in total. The quantitative estimate of drug-likeness (QED) is 0.205. The second-order valence-electron chi connectivity index (χ2n) is 12.1. The molecule has 5 rings (SSSR count). The predicted octanol–water partition coefficient (Wildman–Crippen LogP) is 6.70. The fourth-order valence-electron chi connectivity index (χ4n) is 5.89. The number of nitrogens with zero attached hydrogens (tertiary/aromatic N) is 2. The minimum Gasteiger partial charge on any atom is -0.496 e. The number of rotatable bonds is 10. The van der Waals surface area contributed by atoms with Gasteiger partial charge in [0.05, 0.1) is 25.6 Å². The van der Waals surface area contributed by atoms with Crippen LogP contribution in [0, 0.1) is 19.8 Å². The van der Waals surface area contributed by atoms with Gasteiger partial charge in [-0.25, -0.2) is 9.97 Å². The highest BCUT2D eigenvalue weighted by atomic mass is 28.2. The Bertz CT molecular complexity index is 1400. The summed E-state index contributed by atoms with van der Waals surface area (Å²) in [6, 6.07) is 29.8. The molecule has 4 aromatic rings. The molecular formula is C34H40N2O3Si. The lowest BCUT2D eigenvalue weighted by atomic mass is 9.77. The van der Waals surface area contributed by atoms with Crippen molar-refractivity contribution < 1.29 is 13.9 Å². The summed E-state index contributed by atoms with van der Waals surface area (Å²) < 4.78 is 19.9. The van der Waals surface area contributed by atoms with E-state index in [9.17, 15) is 0 Å². The van der Waals surface area contributed by atoms with Crippen molar-refractivity contribution in [3.63, 3.8) is 0 Å². The van der Waals surface area contributed by atoms with Gasteiger partial charge in [-0.1, -0.05) is 99.6 Å². The molecule has 1 aliphatic carbocycles. The average Bonchev–Trinajstić information content (AvgIpc) is 3.69. The molecule has 0 saturated heterocycles. The van der Waals surface area contributed by atoms with Crippen molar-refractivity contribution in [3.05, 3.63) is 119 Å². The third kappa shape index (κ3) is 5.43. The maximum atomic E-state index is 7.35. The van der Waals surface area contributed by atoms with Crippen LogP contribution < -0.4 is 9.47 Å². The minimum absolute atomic E-state index is 0.114. The van der Waals surface area contributed by atoms with E-state index < -0.39 is 15.4 Å². The first kappa shape index (κ1) is 28.1. The van der Waals surface area contributed by atoms with Gasteiger partial charge in [-0.3, -0.25) is 0 Å². The van der Waals surface area contributed by atoms with Gasteiger partial charge in [-0.15, -0.1) is 0 Å². The fourth-order valence-corrected chi connectivity index (χ4v) is 7.08. The Morgan fingerprint density at radius 2 is 1.45 bits per heavy atom. The van der Waals surface area contributed by atoms with Crippen LogP contribution in [0.5, 0.6) is 11.5 Å². The van der Waals surface area contributed by atoms with Crippen molar-refractivity contribution in [2.75, 3.05) is 13.7 Å². The van der Waals surface area contributed by atoms with E-state index >= 15 is 0 Å². The van der Waals surface area contributed by atoms with E-state index in [1.54, 1.807) is 13.3 Å². The van der Waals surface area contributed by atoms with Gasteiger partial charge in [-0.2, -0.15) is 0 Å². The maximum Gasteiger partial charge on any atom is 0.168 e. The fraction of sp³-hybridized carbons (Fsp3) is 0.353. The molecule has 0 N–H and O–H groups in total. The highest BCUT2D eigenvalue weighted by molar-refractivity contribution is 6.32. The molecule has 1 heterocycles. The Kier molecular flexibility index (Phi) is 7.84. The number of hydrogen-bond donors (Lipinski definition) is 0. The molecule has 0 radical (unpaired) electrons. The summed E-state index contributed by atoms with van der Waals surface area (Å²) in [7, 11) is 0.787. The minimum atomic E-state index is -0.956. The van der Waals surface area contributed by atoms with E-state index in [1.165, 1.54) is 11.1 Å². The molecule has 6 heteroatoms. The number of ether oxygens (including phenoxy) is 2. The van der Waals surface area contributed by atoms with Gasteiger partial charge in [-0.05, 0) is 42.5 Å². The molecule has 0 spiro atoms. The summed E-state index contributed by atoms with van der Waals surface area (Å²) in [5.41, 5.74) is 3.36. The van der Waals surface area contributed by atoms with E-state index in [4.69, 9.17) is 13.9 Å². The number of aryl methyl sites for hydroxylation is 2. The van der Waals surface area contributed by atoms with E-state index in [-0.39, 0.29) is 16.4 Å². The lowest BCUT2D eigenvalue weighted by Crippen LogP contribution is -2.41. The lowest BCUT2D eigenvalue weighted by molar-refractivity contribution is 0.0697. The Balaban J connectivity index is 1.68. The molecule has 1 aromatic heterocycles. The first-order chi connectivity index (χ1) is 19.2. The number of benzene rings is 3. The zero-order valence-corrected chi connectivity index (χ0v) is 25.9. The highest BCUT2D eigenvalue weighted by Gasteiger charge is 2.67. The Morgan fingerprint density at radius 1 is 0.850 bits per heavy atom. The SMILES string of the molecule is COc1ccccc1[C@]1(COc2cnc(C)nc2C)C[C@H]1C(O[SiH2]C(C)(C)C)(c1ccccc1)c1ccccc1. The van der Waals surface area contributed by atoms with Crippen molar-refractivity contribution in [2.24, 2.45) is 5.92 Å². The smallest absolute Gasteiger partial charge is 0.168 e. The second kappa shape index (κ2) is 11.2. The lowest BCUT2D eigenvalue weighted by Gasteiger charge is -2.40. The van der Waals surface area contributed by atoms with Crippen LogP contribution in [-0.2, 0) is 15.4 Å². The maximum absolute atomic E-state index is 7.35. The van der Waals surface area contributed by atoms with Crippen LogP contribution in [0.3, 0.4) is 0 Å². The van der Waals surface area contributed by atoms with Crippen molar-refractivity contribution in [1.29, 1.82) is 0 Å². The first-order valence-corrected chi connectivity index (χ1v) is 15.3. The largest absolute Gasteiger partial charge is 0.496 e. The Hall–Kier alpha value is -3.48. The highest BCUT2D eigenvalue weighted by Crippen LogP contribution is 2.66. The molecule has 40 heavy (non-hydrogen) atoms. The molecule has 1 saturated carbocycles. The Morgan fingerprint density at radius 3 is 2.02 bits per heavy atom. The summed E-state index contributed by atoms with van der Waals surface area (Å²) in [6.45, 7) is 11.2. The van der Waals surface area contributed by atoms with Crippen molar-refractivity contribution in [2.45, 2.75) is 57.1 Å². The van der Waals surface area contributed by atoms with E-state index in [1.807, 2.05) is 26.0 Å². The molecule has 0 unspecified atom stereocenters. The number of para-hydroxylation sites is 1. The average molecular weight is 553 g/mol. The van der Waals surface area contributed by atoms with E-state index in [0.29, 0.717) is 12.4 Å². The standard InChI is InChI=1S/C34H40N2O3Si/c1-24-30(22-35-25(2)36-24)38-23-33(28-19-13-14-20-29(28)37-6)21-31(33)34(39-40-32(3,4)5,26-15-9-7-10-16-26)27-17-11-8-12-18-27/h7-20,22,31H,21,23,40H2,1-6H3/t31-,33-/m1/s1. The van der Waals surface area contributed by atoms with Crippen LogP contribution in [-0.4, -0.2) is 33.4 Å². The monoisotopic (exact) mass is 552 g/mol. The molecule has 1 fully saturated rings. The van der Waals surface area contributed by atoms with Gasteiger partial charge >= 0.3 is 0 Å². The molecular weight excluding hydrogens is 512 g/mol. The molecule has 1 aliphatic rings. The normalized spacial score (nSPS) is 19.1. The molecule has 208 valence electrons. The van der Waals surface area contributed by atoms with Gasteiger partial charge in [0.25, 0.3) is 0 Å². The van der Waals surface area contributed by atoms with Gasteiger partial charge in [0.2, 0.25) is 0 Å². The van der Waals surface area contributed by atoms with Crippen molar-refractivity contribution >= 4 is 9.76 Å². The summed E-state index contributed by atoms with van der Waals surface area (Å²) in [5, 5.41) is 0.115. The molecule has 2 atom stereocenters. The molecule has 3 aromatic carbocycles. The van der Waals surface area contributed by atoms with E-state index in [2.05, 4.69) is 104 Å². The third-order valence-electron chi connectivity index (χ3n) is 7.89. The van der Waals surface area contributed by atoms with Crippen LogP contribution in [0.25, 0.3) is 0 Å². The topological polar surface area (TPSA) is 53.5 Å². The Labute approximate surface area is 240 Å². The number of aromatic nitrogens is 2.